The number of carbonyl (C=O) groups is 2. The number of para-hydroxylation sites is 1. The van der Waals surface area contributed by atoms with Crippen molar-refractivity contribution in [1.82, 2.24) is 9.97 Å². The average molecular weight is 472 g/mol. The predicted octanol–water partition coefficient (Wildman–Crippen LogP) is 4.38. The summed E-state index contributed by atoms with van der Waals surface area (Å²) in [7, 11) is 0. The van der Waals surface area contributed by atoms with Gasteiger partial charge in [0.1, 0.15) is 0 Å². The number of halogens is 1. The van der Waals surface area contributed by atoms with E-state index in [1.165, 1.54) is 4.90 Å². The number of anilines is 3. The van der Waals surface area contributed by atoms with Crippen LogP contribution in [0.25, 0.3) is 0 Å². The highest BCUT2D eigenvalue weighted by molar-refractivity contribution is 14.1. The van der Waals surface area contributed by atoms with Gasteiger partial charge < -0.3 is 5.32 Å². The van der Waals surface area contributed by atoms with E-state index in [1.807, 2.05) is 11.9 Å². The molecule has 136 valence electrons. The summed E-state index contributed by atoms with van der Waals surface area (Å²) >= 11 is 2.15. The lowest BCUT2D eigenvalue weighted by Crippen LogP contribution is -2.28. The first-order valence-corrected chi connectivity index (χ1v) is 10.3. The summed E-state index contributed by atoms with van der Waals surface area (Å²) in [5.41, 5.74) is 2.67. The Hall–Kier alpha value is -2.81. The summed E-state index contributed by atoms with van der Waals surface area (Å²) in [4.78, 5) is 37.7. The molecule has 2 amide bonds. The average Bonchev–Trinajstić information content (AvgIpc) is 2.83. The predicted molar refractivity (Wildman–Crippen MR) is 114 cm³/mol. The molecule has 27 heavy (non-hydrogen) atoms. The normalized spacial score (nSPS) is 12.0. The molecule has 1 aliphatic rings. The Labute approximate surface area is 170 Å². The third kappa shape index (κ3) is 3.55. The van der Waals surface area contributed by atoms with Crippen LogP contribution < -0.4 is 10.2 Å². The summed E-state index contributed by atoms with van der Waals surface area (Å²) in [6.07, 6.45) is 4.81. The van der Waals surface area contributed by atoms with Crippen molar-refractivity contribution in [3.05, 3.63) is 77.7 Å². The summed E-state index contributed by atoms with van der Waals surface area (Å²) in [5.74, 6) is -0.141. The maximum absolute atomic E-state index is 13.3. The second-order valence-corrected chi connectivity index (χ2v) is 5.68. The second kappa shape index (κ2) is 8.26. The smallest absolute Gasteiger partial charge is 0.264 e. The van der Waals surface area contributed by atoms with Gasteiger partial charge in [-0.3, -0.25) is 19.5 Å². The van der Waals surface area contributed by atoms with Gasteiger partial charge in [-0.05, 0) is 47.7 Å². The molecule has 6 nitrogen and oxygen atoms in total. The molecule has 0 spiro atoms. The van der Waals surface area contributed by atoms with Crippen LogP contribution in [0.15, 0.2) is 61.1 Å². The Morgan fingerprint density at radius 3 is 2.63 bits per heavy atom. The molecule has 0 atom stereocenters. The maximum Gasteiger partial charge on any atom is 0.264 e. The molecule has 0 saturated heterocycles. The third-order valence-electron chi connectivity index (χ3n) is 4.09. The number of nitrogens with one attached hydrogen (secondary N) is 1. The van der Waals surface area contributed by atoms with Crippen LogP contribution in [-0.2, 0) is 0 Å². The van der Waals surface area contributed by atoms with Gasteiger partial charge >= 0.3 is 0 Å². The van der Waals surface area contributed by atoms with Crippen molar-refractivity contribution in [1.29, 1.82) is 0 Å². The van der Waals surface area contributed by atoms with Gasteiger partial charge in [0.2, 0.25) is 0 Å². The summed E-state index contributed by atoms with van der Waals surface area (Å²) in [6, 6.07) is 12.1. The Morgan fingerprint density at radius 1 is 1.07 bits per heavy atom. The number of amides is 2. The number of hydrogen-bond acceptors (Lipinski definition) is 4. The van der Waals surface area contributed by atoms with Crippen LogP contribution in [0.2, 0.25) is 0 Å². The zero-order chi connectivity index (χ0) is 19.4. The molecule has 0 radical (unpaired) electrons. The molecule has 3 aromatic rings. The minimum Gasteiger partial charge on any atom is -0.319 e. The van der Waals surface area contributed by atoms with Crippen LogP contribution in [0.3, 0.4) is 0 Å². The van der Waals surface area contributed by atoms with Gasteiger partial charge in [-0.15, -0.1) is 0 Å². The van der Waals surface area contributed by atoms with E-state index >= 15 is 0 Å². The molecule has 7 heteroatoms. The fourth-order valence-electron chi connectivity index (χ4n) is 2.88. The zero-order valence-electron chi connectivity index (χ0n) is 14.8. The molecule has 3 heterocycles. The fourth-order valence-corrected chi connectivity index (χ4v) is 2.88. The van der Waals surface area contributed by atoms with Crippen molar-refractivity contribution in [3.63, 3.8) is 0 Å². The number of hydrogen-bond donors (Lipinski definition) is 1. The Bertz CT molecular complexity index is 1010. The molecule has 0 unspecified atom stereocenters. The van der Waals surface area contributed by atoms with E-state index < -0.39 is 0 Å². The largest absolute Gasteiger partial charge is 0.319 e. The molecule has 1 aliphatic heterocycles. The van der Waals surface area contributed by atoms with Crippen molar-refractivity contribution >= 4 is 51.6 Å². The van der Waals surface area contributed by atoms with Gasteiger partial charge in [-0.1, -0.05) is 34.7 Å². The number of benzene rings is 1. The number of nitrogens with zero attached hydrogens (tertiary/aromatic N) is 3. The zero-order valence-corrected chi connectivity index (χ0v) is 17.0. The number of aromatic nitrogens is 2. The lowest BCUT2D eigenvalue weighted by molar-refractivity contribution is 0.0998. The Morgan fingerprint density at radius 2 is 1.85 bits per heavy atom. The topological polar surface area (TPSA) is 75.2 Å². The van der Waals surface area contributed by atoms with Crippen molar-refractivity contribution in [2.75, 3.05) is 15.1 Å². The molecule has 4 rings (SSSR count). The molecule has 1 N–H and O–H groups in total. The van der Waals surface area contributed by atoms with Gasteiger partial charge in [0.25, 0.3) is 11.8 Å². The van der Waals surface area contributed by atoms with E-state index in [9.17, 15) is 9.59 Å². The SMILES string of the molecule is CI.Cc1cnccc1C(=O)N1c2ccccc2C(=O)Nc2cccnc21. The Kier molecular flexibility index (Phi) is 5.80. The number of aryl methyl sites for hydroxylation is 1. The van der Waals surface area contributed by atoms with Crippen LogP contribution >= 0.6 is 22.6 Å². The molecule has 2 aromatic heterocycles. The lowest BCUT2D eigenvalue weighted by atomic mass is 10.1. The van der Waals surface area contributed by atoms with Gasteiger partial charge in [0, 0.05) is 24.2 Å². The fraction of sp³-hybridized carbons (Fsp3) is 0.100. The quantitative estimate of drug-likeness (QED) is 0.422. The van der Waals surface area contributed by atoms with Gasteiger partial charge in [-0.2, -0.15) is 0 Å². The van der Waals surface area contributed by atoms with E-state index in [2.05, 4.69) is 37.9 Å². The first-order valence-electron chi connectivity index (χ1n) is 8.15. The van der Waals surface area contributed by atoms with Crippen molar-refractivity contribution < 1.29 is 9.59 Å². The molecule has 0 aliphatic carbocycles. The number of rotatable bonds is 1. The van der Waals surface area contributed by atoms with Crippen LogP contribution in [0.5, 0.6) is 0 Å². The highest BCUT2D eigenvalue weighted by Crippen LogP contribution is 2.37. The highest BCUT2D eigenvalue weighted by atomic mass is 127. The van der Waals surface area contributed by atoms with Crippen LogP contribution in [-0.4, -0.2) is 26.7 Å². The third-order valence-corrected chi connectivity index (χ3v) is 4.09. The van der Waals surface area contributed by atoms with Gasteiger partial charge in [0.15, 0.2) is 5.82 Å². The van der Waals surface area contributed by atoms with Crippen molar-refractivity contribution in [2.45, 2.75) is 6.92 Å². The van der Waals surface area contributed by atoms with E-state index in [4.69, 9.17) is 0 Å². The molecular formula is C20H17IN4O2. The van der Waals surface area contributed by atoms with Crippen LogP contribution in [0.1, 0.15) is 26.3 Å². The number of carbonyl (C=O) groups excluding carboxylic acids is 2. The first kappa shape index (κ1) is 19.0. The number of pyridine rings is 2. The van der Waals surface area contributed by atoms with E-state index in [1.54, 1.807) is 61.1 Å². The standard InChI is InChI=1S/C19H14N4O2.CH3I/c1-12-11-20-10-8-13(12)19(25)23-16-7-3-2-5-14(16)18(24)22-15-6-4-9-21-17(15)23;1-2/h2-11H,1H3,(H,22,24);1H3. The summed E-state index contributed by atoms with van der Waals surface area (Å²) in [6.45, 7) is 1.83. The van der Waals surface area contributed by atoms with E-state index in [-0.39, 0.29) is 11.8 Å². The minimum absolute atomic E-state index is 0.260. The number of alkyl halides is 1. The monoisotopic (exact) mass is 472 g/mol. The molecule has 0 fully saturated rings. The minimum atomic E-state index is -0.272. The van der Waals surface area contributed by atoms with Crippen LogP contribution in [0.4, 0.5) is 17.2 Å². The molecule has 0 bridgehead atoms. The Balaban J connectivity index is 0.00000102. The summed E-state index contributed by atoms with van der Waals surface area (Å²) in [5, 5.41) is 2.82. The van der Waals surface area contributed by atoms with Crippen molar-refractivity contribution in [2.24, 2.45) is 0 Å². The molecular weight excluding hydrogens is 455 g/mol. The second-order valence-electron chi connectivity index (χ2n) is 5.68. The number of fused-ring (bicyclic) bond motifs is 2. The highest BCUT2D eigenvalue weighted by Gasteiger charge is 2.31. The lowest BCUT2D eigenvalue weighted by Gasteiger charge is -2.23. The van der Waals surface area contributed by atoms with Gasteiger partial charge in [-0.25, -0.2) is 4.98 Å². The van der Waals surface area contributed by atoms with Crippen LogP contribution in [0, 0.1) is 6.92 Å². The summed E-state index contributed by atoms with van der Waals surface area (Å²) < 4.78 is 0. The van der Waals surface area contributed by atoms with E-state index in [0.29, 0.717) is 28.3 Å². The molecule has 1 aromatic carbocycles. The molecule has 0 saturated carbocycles. The van der Waals surface area contributed by atoms with E-state index in [0.717, 1.165) is 5.56 Å². The maximum atomic E-state index is 13.3. The van der Waals surface area contributed by atoms with Crippen molar-refractivity contribution in [3.8, 4) is 0 Å². The van der Waals surface area contributed by atoms with Gasteiger partial charge in [0.05, 0.1) is 16.9 Å². The first-order chi connectivity index (χ1) is 13.2.